The third-order valence-corrected chi connectivity index (χ3v) is 6.51. The molecule has 2 amide bonds. The van der Waals surface area contributed by atoms with Crippen LogP contribution >= 0.6 is 0 Å². The van der Waals surface area contributed by atoms with Crippen LogP contribution in [0, 0.1) is 11.8 Å². The van der Waals surface area contributed by atoms with Crippen molar-refractivity contribution in [2.45, 2.75) is 37.3 Å². The molecule has 2 aliphatic rings. The molecule has 0 aromatic carbocycles. The van der Waals surface area contributed by atoms with E-state index < -0.39 is 5.91 Å². The predicted octanol–water partition coefficient (Wildman–Crippen LogP) is 0.681. The molecule has 4 rings (SSSR count). The largest absolute Gasteiger partial charge is 0.391 e. The highest BCUT2D eigenvalue weighted by Crippen LogP contribution is 2.42. The average Bonchev–Trinajstić information content (AvgIpc) is 3.44. The van der Waals surface area contributed by atoms with Crippen LogP contribution in [-0.2, 0) is 14.3 Å². The molecule has 1 saturated carbocycles. The zero-order valence-corrected chi connectivity index (χ0v) is 20.5. The highest BCUT2D eigenvalue weighted by atomic mass is 16.5. The molecule has 5 N–H and O–H groups in total. The standard InChI is InChI=1S/C26H31N7O3/c1-4-23(34)32-13-17(11-19(32)14-36-3)31-26(29-2)24(25(28)35)21(27)10-8-18-7-9-20(16-5-6-16)22-12-30-15-33(18)22/h4,7,9,12,15-17,19H,1,5-6,11,13-14,27H2,2-3H3,(H2,28,35)(H,29,31)/t17-,19+/m0/s1. The van der Waals surface area contributed by atoms with Gasteiger partial charge in [-0.3, -0.25) is 19.0 Å². The molecule has 2 fully saturated rings. The lowest BCUT2D eigenvalue weighted by Crippen LogP contribution is -2.42. The number of ether oxygens (including phenoxy) is 1. The number of fused-ring (bicyclic) bond motifs is 1. The van der Waals surface area contributed by atoms with Gasteiger partial charge in [-0.15, -0.1) is 0 Å². The number of rotatable bonds is 7. The summed E-state index contributed by atoms with van der Waals surface area (Å²) in [6.07, 6.45) is 7.78. The van der Waals surface area contributed by atoms with Gasteiger partial charge in [-0.1, -0.05) is 12.6 Å². The number of pyridine rings is 1. The number of aromatic nitrogens is 2. The lowest BCUT2D eigenvalue weighted by Gasteiger charge is -2.22. The van der Waals surface area contributed by atoms with Crippen molar-refractivity contribution in [2.24, 2.45) is 16.5 Å². The molecule has 188 valence electrons. The smallest absolute Gasteiger partial charge is 0.255 e. The third kappa shape index (κ3) is 5.11. The summed E-state index contributed by atoms with van der Waals surface area (Å²) in [7, 11) is 3.12. The SMILES string of the molecule is C=CC(=O)N1C[C@@H](NC(=NC)C(C(N)=O)=C(N)C#Cc2ccc(C3CC3)c3cncn23)C[C@@H]1COC. The van der Waals surface area contributed by atoms with E-state index >= 15 is 0 Å². The minimum absolute atomic E-state index is 0.000553. The van der Waals surface area contributed by atoms with Crippen LogP contribution in [0.25, 0.3) is 5.52 Å². The van der Waals surface area contributed by atoms with Crippen molar-refractivity contribution in [1.29, 1.82) is 0 Å². The van der Waals surface area contributed by atoms with Gasteiger partial charge in [0, 0.05) is 26.7 Å². The second kappa shape index (κ2) is 10.7. The van der Waals surface area contributed by atoms with Crippen molar-refractivity contribution < 1.29 is 14.3 Å². The first-order valence-corrected chi connectivity index (χ1v) is 11.8. The number of carbonyl (C=O) groups is 2. The van der Waals surface area contributed by atoms with E-state index in [1.165, 1.54) is 31.5 Å². The van der Waals surface area contributed by atoms with E-state index in [0.29, 0.717) is 31.2 Å². The molecule has 10 heteroatoms. The van der Waals surface area contributed by atoms with Gasteiger partial charge >= 0.3 is 0 Å². The van der Waals surface area contributed by atoms with Crippen LogP contribution in [0.15, 0.2) is 53.6 Å². The second-order valence-electron chi connectivity index (χ2n) is 8.95. The van der Waals surface area contributed by atoms with Crippen molar-refractivity contribution >= 4 is 23.2 Å². The van der Waals surface area contributed by atoms with E-state index in [-0.39, 0.29) is 35.1 Å². The summed E-state index contributed by atoms with van der Waals surface area (Å²) in [5.41, 5.74) is 14.9. The molecule has 0 unspecified atom stereocenters. The Labute approximate surface area is 210 Å². The number of allylic oxidation sites excluding steroid dienone is 1. The quantitative estimate of drug-likeness (QED) is 0.226. The van der Waals surface area contributed by atoms with E-state index in [2.05, 4.69) is 39.8 Å². The number of aliphatic imine (C=N–C) groups is 1. The summed E-state index contributed by atoms with van der Waals surface area (Å²) in [6, 6.07) is 3.68. The Bertz CT molecular complexity index is 1310. The Kier molecular flexibility index (Phi) is 7.41. The Balaban J connectivity index is 1.59. The normalized spacial score (nSPS) is 20.5. The number of amidine groups is 1. The lowest BCUT2D eigenvalue weighted by molar-refractivity contribution is -0.127. The summed E-state index contributed by atoms with van der Waals surface area (Å²) in [6.45, 7) is 4.34. The number of primary amides is 1. The molecule has 0 bridgehead atoms. The van der Waals surface area contributed by atoms with Crippen LogP contribution in [0.2, 0.25) is 0 Å². The molecule has 2 atom stereocenters. The molecule has 1 aliphatic heterocycles. The van der Waals surface area contributed by atoms with Gasteiger partial charge < -0.3 is 26.4 Å². The van der Waals surface area contributed by atoms with Gasteiger partial charge in [0.2, 0.25) is 5.91 Å². The number of hydrogen-bond acceptors (Lipinski definition) is 6. The number of nitrogens with zero attached hydrogens (tertiary/aromatic N) is 4. The Morgan fingerprint density at radius 2 is 2.14 bits per heavy atom. The molecular formula is C26H31N7O3. The molecule has 0 spiro atoms. The van der Waals surface area contributed by atoms with Crippen molar-refractivity contribution in [1.82, 2.24) is 19.6 Å². The van der Waals surface area contributed by atoms with Crippen molar-refractivity contribution in [3.05, 3.63) is 59.8 Å². The molecule has 1 aliphatic carbocycles. The van der Waals surface area contributed by atoms with E-state index in [1.54, 1.807) is 18.3 Å². The van der Waals surface area contributed by atoms with Gasteiger partial charge in [0.25, 0.3) is 5.91 Å². The number of hydrogen-bond donors (Lipinski definition) is 3. The van der Waals surface area contributed by atoms with Crippen LogP contribution in [0.1, 0.15) is 36.4 Å². The van der Waals surface area contributed by atoms with Crippen molar-refractivity contribution in [3.8, 4) is 11.8 Å². The summed E-state index contributed by atoms with van der Waals surface area (Å²) in [5.74, 6) is 5.77. The number of carbonyl (C=O) groups excluding carboxylic acids is 2. The number of imidazole rings is 1. The van der Waals surface area contributed by atoms with Crippen LogP contribution in [0.3, 0.4) is 0 Å². The number of nitrogens with two attached hydrogens (primary N) is 2. The average molecular weight is 490 g/mol. The molecule has 1 saturated heterocycles. The summed E-state index contributed by atoms with van der Waals surface area (Å²) >= 11 is 0. The fraction of sp³-hybridized carbons (Fsp3) is 0.385. The summed E-state index contributed by atoms with van der Waals surface area (Å²) in [4.78, 5) is 34.8. The zero-order valence-electron chi connectivity index (χ0n) is 20.5. The predicted molar refractivity (Wildman–Crippen MR) is 137 cm³/mol. The van der Waals surface area contributed by atoms with Crippen molar-refractivity contribution in [3.63, 3.8) is 0 Å². The van der Waals surface area contributed by atoms with Gasteiger partial charge in [-0.2, -0.15) is 0 Å². The maximum Gasteiger partial charge on any atom is 0.255 e. The fourth-order valence-electron chi connectivity index (χ4n) is 4.65. The first-order valence-electron chi connectivity index (χ1n) is 11.8. The van der Waals surface area contributed by atoms with Gasteiger partial charge in [0.05, 0.1) is 35.8 Å². The monoisotopic (exact) mass is 489 g/mol. The zero-order chi connectivity index (χ0) is 25.8. The highest BCUT2D eigenvalue weighted by Gasteiger charge is 2.35. The number of likely N-dealkylation sites (tertiary alicyclic amines) is 1. The van der Waals surface area contributed by atoms with E-state index in [0.717, 1.165) is 5.52 Å². The van der Waals surface area contributed by atoms with Crippen LogP contribution < -0.4 is 16.8 Å². The maximum absolute atomic E-state index is 12.4. The number of nitrogens with one attached hydrogen (secondary N) is 1. The van der Waals surface area contributed by atoms with Crippen molar-refractivity contribution in [2.75, 3.05) is 27.3 Å². The highest BCUT2D eigenvalue weighted by molar-refractivity contribution is 6.21. The topological polar surface area (TPSA) is 140 Å². The van der Waals surface area contributed by atoms with Crippen LogP contribution in [-0.4, -0.2) is 71.3 Å². The molecule has 36 heavy (non-hydrogen) atoms. The van der Waals surface area contributed by atoms with Crippen LogP contribution in [0.4, 0.5) is 0 Å². The van der Waals surface area contributed by atoms with E-state index in [9.17, 15) is 9.59 Å². The molecule has 2 aromatic rings. The summed E-state index contributed by atoms with van der Waals surface area (Å²) in [5, 5.41) is 3.22. The van der Waals surface area contributed by atoms with Gasteiger partial charge in [-0.25, -0.2) is 4.98 Å². The number of methoxy groups -OCH3 is 1. The number of amides is 2. The fourth-order valence-corrected chi connectivity index (χ4v) is 4.65. The Morgan fingerprint density at radius 1 is 1.36 bits per heavy atom. The Morgan fingerprint density at radius 3 is 2.78 bits per heavy atom. The second-order valence-corrected chi connectivity index (χ2v) is 8.95. The summed E-state index contributed by atoms with van der Waals surface area (Å²) < 4.78 is 7.18. The van der Waals surface area contributed by atoms with Crippen LogP contribution in [0.5, 0.6) is 0 Å². The van der Waals surface area contributed by atoms with E-state index in [4.69, 9.17) is 16.2 Å². The molecule has 10 nitrogen and oxygen atoms in total. The maximum atomic E-state index is 12.4. The van der Waals surface area contributed by atoms with Gasteiger partial charge in [0.15, 0.2) is 0 Å². The third-order valence-electron chi connectivity index (χ3n) is 6.51. The first kappa shape index (κ1) is 25.0. The minimum atomic E-state index is -0.753. The van der Waals surface area contributed by atoms with Gasteiger partial charge in [-0.05, 0) is 54.7 Å². The minimum Gasteiger partial charge on any atom is -0.391 e. The molecule has 0 radical (unpaired) electrons. The molecule has 2 aromatic heterocycles. The Hall–Kier alpha value is -4.10. The molecular weight excluding hydrogens is 458 g/mol. The lowest BCUT2D eigenvalue weighted by atomic mass is 10.1. The van der Waals surface area contributed by atoms with E-state index in [1.807, 2.05) is 16.7 Å². The first-order chi connectivity index (χ1) is 17.4. The molecule has 3 heterocycles. The van der Waals surface area contributed by atoms with Gasteiger partial charge in [0.1, 0.15) is 17.7 Å².